The van der Waals surface area contributed by atoms with Gasteiger partial charge in [0.2, 0.25) is 0 Å². The van der Waals surface area contributed by atoms with Crippen LogP contribution in [-0.4, -0.2) is 34.9 Å². The third-order valence-electron chi connectivity index (χ3n) is 13.6. The van der Waals surface area contributed by atoms with E-state index < -0.39 is 0 Å². The van der Waals surface area contributed by atoms with Crippen LogP contribution in [-0.2, 0) is 19.1 Å². The fourth-order valence-corrected chi connectivity index (χ4v) is 10.8. The molecule has 5 heteroatoms. The van der Waals surface area contributed by atoms with Crippen LogP contribution < -0.4 is 0 Å². The molecule has 7 unspecified atom stereocenters. The lowest BCUT2D eigenvalue weighted by atomic mass is 9.43. The summed E-state index contributed by atoms with van der Waals surface area (Å²) < 4.78 is 11.9. The van der Waals surface area contributed by atoms with Crippen LogP contribution in [0.5, 0.6) is 0 Å². The summed E-state index contributed by atoms with van der Waals surface area (Å²) >= 11 is 0. The summed E-state index contributed by atoms with van der Waals surface area (Å²) in [4.78, 5) is 25.2. The fraction of sp³-hybridized carbons (Fsp3) is 0.943. The van der Waals surface area contributed by atoms with Crippen LogP contribution in [0.3, 0.4) is 0 Å². The van der Waals surface area contributed by atoms with Crippen molar-refractivity contribution in [2.24, 2.45) is 52.3 Å². The largest absolute Gasteiger partial charge is 0.462 e. The molecule has 0 aromatic rings. The van der Waals surface area contributed by atoms with Gasteiger partial charge in [0.25, 0.3) is 0 Å². The fourth-order valence-electron chi connectivity index (χ4n) is 10.8. The van der Waals surface area contributed by atoms with Crippen LogP contribution in [0, 0.1) is 52.3 Å². The van der Waals surface area contributed by atoms with Crippen LogP contribution in [0.2, 0.25) is 0 Å². The summed E-state index contributed by atoms with van der Waals surface area (Å²) in [6.45, 7) is 13.3. The van der Waals surface area contributed by atoms with Gasteiger partial charge in [-0.25, -0.2) is 0 Å². The minimum atomic E-state index is -0.283. The number of ether oxygens (including phenoxy) is 2. The van der Waals surface area contributed by atoms with Gasteiger partial charge < -0.3 is 14.6 Å². The molecule has 0 aliphatic heterocycles. The van der Waals surface area contributed by atoms with Crippen molar-refractivity contribution in [1.82, 2.24) is 0 Å². The molecular weight excluding hydrogens is 500 g/mol. The highest BCUT2D eigenvalue weighted by Crippen LogP contribution is 2.68. The normalized spacial score (nSPS) is 43.6. The molecule has 5 aliphatic rings. The molecule has 0 spiro atoms. The zero-order valence-electron chi connectivity index (χ0n) is 26.4. The summed E-state index contributed by atoms with van der Waals surface area (Å²) in [5.74, 6) is 3.18. The predicted octanol–water partition coefficient (Wildman–Crippen LogP) is 7.87. The Balaban J connectivity index is 1.21. The molecule has 1 N–H and O–H groups in total. The Morgan fingerprint density at radius 1 is 0.925 bits per heavy atom. The van der Waals surface area contributed by atoms with Gasteiger partial charge in [-0.1, -0.05) is 34.6 Å². The van der Waals surface area contributed by atoms with Crippen molar-refractivity contribution in [2.75, 3.05) is 0 Å². The number of fused-ring (bicyclic) bond motifs is 5. The Bertz CT molecular complexity index is 925. The van der Waals surface area contributed by atoms with Crippen molar-refractivity contribution in [3.8, 4) is 0 Å². The Hall–Kier alpha value is -1.10. The highest BCUT2D eigenvalue weighted by atomic mass is 16.6. The summed E-state index contributed by atoms with van der Waals surface area (Å²) in [5.41, 5.74) is -0.0779. The average molecular weight is 559 g/mol. The second-order valence-electron chi connectivity index (χ2n) is 15.7. The highest BCUT2D eigenvalue weighted by molar-refractivity contribution is 5.72. The third-order valence-corrected chi connectivity index (χ3v) is 13.6. The van der Waals surface area contributed by atoms with Crippen LogP contribution in [0.15, 0.2) is 0 Å². The van der Waals surface area contributed by atoms with Crippen molar-refractivity contribution >= 4 is 11.9 Å². The zero-order chi connectivity index (χ0) is 28.9. The Morgan fingerprint density at radius 3 is 2.35 bits per heavy atom. The van der Waals surface area contributed by atoms with E-state index in [4.69, 9.17) is 9.47 Å². The van der Waals surface area contributed by atoms with Gasteiger partial charge in [0.15, 0.2) is 0 Å². The minimum absolute atomic E-state index is 0.0193. The maximum absolute atomic E-state index is 12.7. The highest BCUT2D eigenvalue weighted by Gasteiger charge is 2.63. The second kappa shape index (κ2) is 11.5. The Morgan fingerprint density at radius 2 is 1.65 bits per heavy atom. The number of hydrogen-bond donors (Lipinski definition) is 1. The van der Waals surface area contributed by atoms with Crippen LogP contribution >= 0.6 is 0 Å². The Labute approximate surface area is 243 Å². The smallest absolute Gasteiger partial charge is 0.308 e. The van der Waals surface area contributed by atoms with Gasteiger partial charge in [0, 0.05) is 6.42 Å². The first-order valence-electron chi connectivity index (χ1n) is 17.0. The van der Waals surface area contributed by atoms with Gasteiger partial charge in [0.05, 0.1) is 12.0 Å². The molecule has 0 radical (unpaired) electrons. The molecule has 11 atom stereocenters. The van der Waals surface area contributed by atoms with E-state index >= 15 is 0 Å². The number of aliphatic hydroxyl groups excluding tert-OH is 1. The topological polar surface area (TPSA) is 72.8 Å². The van der Waals surface area contributed by atoms with E-state index in [-0.39, 0.29) is 46.5 Å². The zero-order valence-corrected chi connectivity index (χ0v) is 26.4. The van der Waals surface area contributed by atoms with Gasteiger partial charge in [-0.05, 0) is 143 Å². The molecule has 0 aromatic carbocycles. The summed E-state index contributed by atoms with van der Waals surface area (Å²) in [5, 5.41) is 11.9. The molecule has 5 fully saturated rings. The molecule has 0 amide bonds. The van der Waals surface area contributed by atoms with E-state index in [2.05, 4.69) is 27.7 Å². The number of carbonyl (C=O) groups is 2. The summed E-state index contributed by atoms with van der Waals surface area (Å²) in [7, 11) is 0. The average Bonchev–Trinajstić information content (AvgIpc) is 3.51. The number of carbonyl (C=O) groups excluding carboxylic acids is 2. The van der Waals surface area contributed by atoms with Crippen molar-refractivity contribution < 1.29 is 24.2 Å². The Kier molecular flexibility index (Phi) is 8.75. The molecule has 0 heterocycles. The van der Waals surface area contributed by atoms with Crippen LogP contribution in [0.4, 0.5) is 0 Å². The van der Waals surface area contributed by atoms with Gasteiger partial charge in [-0.2, -0.15) is 0 Å². The molecule has 5 nitrogen and oxygen atoms in total. The van der Waals surface area contributed by atoms with E-state index in [0.29, 0.717) is 41.9 Å². The standard InChI is InChI=1S/C35H58O5/c1-7-22(2)32(38)39-25-16-19-34(5)24(20-25)11-12-26-28-14-13-27(35(28,6)30(36)21-29(26)34)23(3)10-15-31(37)40-33(4)17-8-9-18-33/h22-30,36H,7-21H2,1-6H3/t22?,23?,24?,25-,26?,27?,28?,29?,30-,34-,35+/m0/s1. The molecule has 40 heavy (non-hydrogen) atoms. The first-order valence-corrected chi connectivity index (χ1v) is 17.0. The van der Waals surface area contributed by atoms with Crippen molar-refractivity contribution in [1.29, 1.82) is 0 Å². The minimum Gasteiger partial charge on any atom is -0.462 e. The van der Waals surface area contributed by atoms with E-state index in [0.717, 1.165) is 64.2 Å². The maximum Gasteiger partial charge on any atom is 0.308 e. The van der Waals surface area contributed by atoms with Crippen LogP contribution in [0.25, 0.3) is 0 Å². The van der Waals surface area contributed by atoms with Crippen molar-refractivity contribution in [3.63, 3.8) is 0 Å². The summed E-state index contributed by atoms with van der Waals surface area (Å²) in [6.07, 6.45) is 15.1. The molecule has 0 bridgehead atoms. The number of aliphatic hydroxyl groups is 1. The number of esters is 2. The van der Waals surface area contributed by atoms with Crippen LogP contribution in [0.1, 0.15) is 138 Å². The SMILES string of the molecule is CCC(C)C(=O)O[C@H]1CC[C@@]2(C)C(CCC3C2C[C@H](O)[C@]2(C)C(C(C)CCC(=O)OC4(C)CCCC4)CCC32)C1. The molecule has 0 aromatic heterocycles. The molecular formula is C35H58O5. The first-order chi connectivity index (χ1) is 18.9. The maximum atomic E-state index is 12.7. The molecule has 0 saturated heterocycles. The molecule has 228 valence electrons. The quantitative estimate of drug-likeness (QED) is 0.307. The molecule has 5 rings (SSSR count). The lowest BCUT2D eigenvalue weighted by Gasteiger charge is -2.62. The number of hydrogen-bond acceptors (Lipinski definition) is 5. The van der Waals surface area contributed by atoms with Gasteiger partial charge in [-0.3, -0.25) is 9.59 Å². The lowest BCUT2D eigenvalue weighted by molar-refractivity contribution is -0.183. The van der Waals surface area contributed by atoms with E-state index in [1.54, 1.807) is 0 Å². The van der Waals surface area contributed by atoms with Gasteiger partial charge >= 0.3 is 11.9 Å². The monoisotopic (exact) mass is 558 g/mol. The second-order valence-corrected chi connectivity index (χ2v) is 15.7. The van der Waals surface area contributed by atoms with Crippen molar-refractivity contribution in [3.05, 3.63) is 0 Å². The third kappa shape index (κ3) is 5.39. The first kappa shape index (κ1) is 30.4. The summed E-state index contributed by atoms with van der Waals surface area (Å²) in [6, 6.07) is 0. The predicted molar refractivity (Wildman–Crippen MR) is 157 cm³/mol. The van der Waals surface area contributed by atoms with Gasteiger partial charge in [0.1, 0.15) is 11.7 Å². The van der Waals surface area contributed by atoms with E-state index in [9.17, 15) is 14.7 Å². The van der Waals surface area contributed by atoms with Crippen molar-refractivity contribution in [2.45, 2.75) is 156 Å². The van der Waals surface area contributed by atoms with E-state index in [1.807, 2.05) is 13.8 Å². The van der Waals surface area contributed by atoms with Gasteiger partial charge in [-0.15, -0.1) is 0 Å². The van der Waals surface area contributed by atoms with E-state index in [1.165, 1.54) is 25.7 Å². The number of rotatable bonds is 8. The lowest BCUT2D eigenvalue weighted by Crippen LogP contribution is -2.59. The molecule has 5 saturated carbocycles. The molecule has 5 aliphatic carbocycles.